The molecule has 0 aliphatic carbocycles. The van der Waals surface area contributed by atoms with E-state index in [1.165, 1.54) is 15.6 Å². The number of thiophene rings is 1. The number of rotatable bonds is 4. The Morgan fingerprint density at radius 1 is 0.946 bits per heavy atom. The van der Waals surface area contributed by atoms with Gasteiger partial charge in [-0.2, -0.15) is 4.31 Å². The Bertz CT molecular complexity index is 1430. The number of hydrogen-bond acceptors (Lipinski definition) is 6. The number of anilines is 1. The first-order chi connectivity index (χ1) is 17.7. The Hall–Kier alpha value is -1.99. The van der Waals surface area contributed by atoms with Crippen LogP contribution in [-0.2, 0) is 14.8 Å². The Morgan fingerprint density at radius 3 is 2.27 bits per heavy atom. The predicted molar refractivity (Wildman–Crippen MR) is 152 cm³/mol. The molecule has 2 aromatic carbocycles. The average Bonchev–Trinajstić information content (AvgIpc) is 3.24. The summed E-state index contributed by atoms with van der Waals surface area (Å²) < 4.78 is 33.2. The second kappa shape index (κ2) is 11.0. The summed E-state index contributed by atoms with van der Waals surface area (Å²) in [6.45, 7) is 3.64. The van der Waals surface area contributed by atoms with Crippen molar-refractivity contribution in [2.24, 2.45) is 0 Å². The van der Waals surface area contributed by atoms with Crippen molar-refractivity contribution in [2.75, 3.05) is 57.8 Å². The van der Waals surface area contributed by atoms with Crippen molar-refractivity contribution >= 4 is 83.6 Å². The van der Waals surface area contributed by atoms with Gasteiger partial charge in [0.05, 0.1) is 23.1 Å². The lowest BCUT2D eigenvalue weighted by Crippen LogP contribution is -2.51. The van der Waals surface area contributed by atoms with Crippen molar-refractivity contribution < 1.29 is 17.9 Å². The number of carbonyl (C=O) groups is 1. The lowest BCUT2D eigenvalue weighted by Gasteiger charge is -2.36. The molecule has 196 valence electrons. The van der Waals surface area contributed by atoms with E-state index >= 15 is 0 Å². The molecule has 0 saturated carbocycles. The Balaban J connectivity index is 1.18. The number of amides is 1. The summed E-state index contributed by atoms with van der Waals surface area (Å²) >= 11 is 19.5. The highest BCUT2D eigenvalue weighted by molar-refractivity contribution is 7.89. The molecule has 0 spiro atoms. The molecule has 2 aliphatic rings. The third-order valence-electron chi connectivity index (χ3n) is 6.35. The van der Waals surface area contributed by atoms with Crippen LogP contribution in [0.5, 0.6) is 0 Å². The Labute approximate surface area is 234 Å². The summed E-state index contributed by atoms with van der Waals surface area (Å²) in [5, 5.41) is 5.58. The summed E-state index contributed by atoms with van der Waals surface area (Å²) in [7, 11) is -3.55. The molecule has 0 atom stereocenters. The molecule has 37 heavy (non-hydrogen) atoms. The molecular weight excluding hydrogens is 575 g/mol. The first kappa shape index (κ1) is 26.6. The minimum Gasteiger partial charge on any atom is -0.379 e. The zero-order valence-corrected chi connectivity index (χ0v) is 23.6. The van der Waals surface area contributed by atoms with Crippen LogP contribution in [0.1, 0.15) is 9.67 Å². The molecular formula is C24H24Cl2N4O4S3. The molecule has 0 radical (unpaired) electrons. The number of piperazine rings is 1. The SMILES string of the molecule is O=C(c1sc2cc(Cl)ccc2c1Cl)N1CCN(C(=S)Nc2ccc(S(=O)(=O)N3CCOCC3)cc2)CC1. The predicted octanol–water partition coefficient (Wildman–Crippen LogP) is 4.38. The number of nitrogens with zero attached hydrogens (tertiary/aromatic N) is 3. The second-order valence-corrected chi connectivity index (χ2v) is 12.8. The van der Waals surface area contributed by atoms with Crippen molar-refractivity contribution in [1.82, 2.24) is 14.1 Å². The molecule has 1 amide bonds. The van der Waals surface area contributed by atoms with Crippen LogP contribution in [0.4, 0.5) is 5.69 Å². The smallest absolute Gasteiger partial charge is 0.265 e. The maximum atomic E-state index is 13.2. The van der Waals surface area contributed by atoms with E-state index in [1.807, 2.05) is 17.0 Å². The fraction of sp³-hybridized carbons (Fsp3) is 0.333. The molecule has 2 aliphatic heterocycles. The topological polar surface area (TPSA) is 82.2 Å². The van der Waals surface area contributed by atoms with Crippen LogP contribution in [0.15, 0.2) is 47.4 Å². The summed E-state index contributed by atoms with van der Waals surface area (Å²) in [6, 6.07) is 12.0. The highest BCUT2D eigenvalue weighted by Crippen LogP contribution is 2.37. The van der Waals surface area contributed by atoms with Gasteiger partial charge in [-0.1, -0.05) is 29.3 Å². The number of nitrogens with one attached hydrogen (secondary N) is 1. The second-order valence-electron chi connectivity index (χ2n) is 8.64. The summed E-state index contributed by atoms with van der Waals surface area (Å²) in [6.07, 6.45) is 0. The first-order valence-corrected chi connectivity index (χ1v) is 15.1. The highest BCUT2D eigenvalue weighted by Gasteiger charge is 2.28. The number of ether oxygens (including phenoxy) is 1. The number of benzene rings is 2. The fourth-order valence-electron chi connectivity index (χ4n) is 4.28. The van der Waals surface area contributed by atoms with Crippen LogP contribution < -0.4 is 5.32 Å². The molecule has 3 heterocycles. The van der Waals surface area contributed by atoms with Gasteiger partial charge in [-0.25, -0.2) is 8.42 Å². The van der Waals surface area contributed by atoms with Crippen molar-refractivity contribution in [3.8, 4) is 0 Å². The largest absolute Gasteiger partial charge is 0.379 e. The van der Waals surface area contributed by atoms with Gasteiger partial charge in [-0.15, -0.1) is 11.3 Å². The average molecular weight is 600 g/mol. The van der Waals surface area contributed by atoms with Crippen LogP contribution in [0.25, 0.3) is 10.1 Å². The lowest BCUT2D eigenvalue weighted by molar-refractivity contribution is 0.0698. The number of sulfonamides is 1. The van der Waals surface area contributed by atoms with Gasteiger partial charge in [0.1, 0.15) is 4.88 Å². The van der Waals surface area contributed by atoms with Gasteiger partial charge in [0.25, 0.3) is 5.91 Å². The van der Waals surface area contributed by atoms with E-state index in [9.17, 15) is 13.2 Å². The summed E-state index contributed by atoms with van der Waals surface area (Å²) in [4.78, 5) is 17.7. The molecule has 0 unspecified atom stereocenters. The van der Waals surface area contributed by atoms with Crippen molar-refractivity contribution in [2.45, 2.75) is 4.90 Å². The van der Waals surface area contributed by atoms with E-state index in [1.54, 1.807) is 35.2 Å². The van der Waals surface area contributed by atoms with E-state index in [-0.39, 0.29) is 10.8 Å². The van der Waals surface area contributed by atoms with Gasteiger partial charge >= 0.3 is 0 Å². The maximum Gasteiger partial charge on any atom is 0.265 e. The van der Waals surface area contributed by atoms with Gasteiger partial charge in [0.2, 0.25) is 10.0 Å². The first-order valence-electron chi connectivity index (χ1n) is 11.6. The number of carbonyl (C=O) groups excluding carboxylic acids is 1. The third-order valence-corrected chi connectivity index (χ3v) is 10.5. The van der Waals surface area contributed by atoms with E-state index in [4.69, 9.17) is 40.2 Å². The number of halogens is 2. The van der Waals surface area contributed by atoms with Crippen LogP contribution in [0.3, 0.4) is 0 Å². The normalized spacial score (nSPS) is 17.2. The zero-order chi connectivity index (χ0) is 26.2. The molecule has 8 nitrogen and oxygen atoms in total. The van der Waals surface area contributed by atoms with Crippen LogP contribution >= 0.6 is 46.8 Å². The zero-order valence-electron chi connectivity index (χ0n) is 19.7. The Morgan fingerprint density at radius 2 is 1.59 bits per heavy atom. The molecule has 1 aromatic heterocycles. The van der Waals surface area contributed by atoms with E-state index in [2.05, 4.69) is 5.32 Å². The molecule has 1 N–H and O–H groups in total. The van der Waals surface area contributed by atoms with Crippen LogP contribution in [-0.4, -0.2) is 86.0 Å². The van der Waals surface area contributed by atoms with Crippen molar-refractivity contribution in [1.29, 1.82) is 0 Å². The Kier molecular flexibility index (Phi) is 7.92. The number of thiocarbonyl (C=S) groups is 1. The minimum absolute atomic E-state index is 0.0992. The molecule has 2 fully saturated rings. The quantitative estimate of drug-likeness (QED) is 0.446. The number of fused-ring (bicyclic) bond motifs is 1. The summed E-state index contributed by atoms with van der Waals surface area (Å²) in [5.74, 6) is -0.0992. The van der Waals surface area contributed by atoms with Crippen LogP contribution in [0, 0.1) is 0 Å². The molecule has 2 saturated heterocycles. The monoisotopic (exact) mass is 598 g/mol. The third kappa shape index (κ3) is 5.58. The van der Waals surface area contributed by atoms with Gasteiger partial charge < -0.3 is 19.9 Å². The van der Waals surface area contributed by atoms with Crippen molar-refractivity contribution in [3.05, 3.63) is 57.4 Å². The lowest BCUT2D eigenvalue weighted by atomic mass is 10.2. The fourth-order valence-corrected chi connectivity index (χ4v) is 7.75. The van der Waals surface area contributed by atoms with Crippen LogP contribution in [0.2, 0.25) is 10.0 Å². The number of hydrogen-bond donors (Lipinski definition) is 1. The minimum atomic E-state index is -3.55. The molecule has 0 bridgehead atoms. The summed E-state index contributed by atoms with van der Waals surface area (Å²) in [5.41, 5.74) is 0.695. The van der Waals surface area contributed by atoms with E-state index in [0.717, 1.165) is 10.1 Å². The molecule has 13 heteroatoms. The standard InChI is InChI=1S/C24H24Cl2N4O4S3/c25-16-1-6-19-20(15-16)36-22(21(19)26)23(31)28-7-9-29(10-8-28)24(35)27-17-2-4-18(5-3-17)37(32,33)30-11-13-34-14-12-30/h1-6,15H,7-14H2,(H,27,35). The van der Waals surface area contributed by atoms with Gasteiger partial charge in [0.15, 0.2) is 5.11 Å². The molecule has 5 rings (SSSR count). The van der Waals surface area contributed by atoms with Gasteiger partial charge in [0, 0.05) is 60.1 Å². The van der Waals surface area contributed by atoms with E-state index < -0.39 is 10.0 Å². The van der Waals surface area contributed by atoms with Crippen molar-refractivity contribution in [3.63, 3.8) is 0 Å². The van der Waals surface area contributed by atoms with E-state index in [0.29, 0.717) is 78.2 Å². The number of morpholine rings is 1. The molecule has 3 aromatic rings. The van der Waals surface area contributed by atoms with Gasteiger partial charge in [-0.05, 0) is 48.6 Å². The highest BCUT2D eigenvalue weighted by atomic mass is 35.5. The maximum absolute atomic E-state index is 13.2. The van der Waals surface area contributed by atoms with Gasteiger partial charge in [-0.3, -0.25) is 4.79 Å².